The Morgan fingerprint density at radius 3 is 2.87 bits per heavy atom. The predicted octanol–water partition coefficient (Wildman–Crippen LogP) is 0.664. The number of rotatable bonds is 2. The van der Waals surface area contributed by atoms with Gasteiger partial charge in [0.15, 0.2) is 0 Å². The van der Waals surface area contributed by atoms with Crippen molar-refractivity contribution in [2.24, 2.45) is 0 Å². The summed E-state index contributed by atoms with van der Waals surface area (Å²) in [6, 6.07) is 4.95. The molecule has 0 spiro atoms. The van der Waals surface area contributed by atoms with E-state index in [1.54, 1.807) is 23.1 Å². The standard InChI is InChI=1S/C11H13NO3/c13-6-5-12-10-3-2-9(14)7-8(10)1-4-11(12)15/h2-3,7,13-14H,1,4-6H2. The minimum absolute atomic E-state index is 0.0299. The van der Waals surface area contributed by atoms with E-state index in [2.05, 4.69) is 0 Å². The Morgan fingerprint density at radius 2 is 2.13 bits per heavy atom. The number of carbonyl (C=O) groups excluding carboxylic acids is 1. The van der Waals surface area contributed by atoms with Crippen molar-refractivity contribution in [3.63, 3.8) is 0 Å². The van der Waals surface area contributed by atoms with Crippen LogP contribution in [0.2, 0.25) is 0 Å². The van der Waals surface area contributed by atoms with Gasteiger partial charge in [-0.15, -0.1) is 0 Å². The van der Waals surface area contributed by atoms with Crippen LogP contribution in [0.25, 0.3) is 0 Å². The van der Waals surface area contributed by atoms with Crippen LogP contribution in [0.4, 0.5) is 5.69 Å². The minimum atomic E-state index is -0.0495. The molecule has 1 aliphatic heterocycles. The molecule has 0 saturated heterocycles. The van der Waals surface area contributed by atoms with E-state index < -0.39 is 0 Å². The molecule has 15 heavy (non-hydrogen) atoms. The molecule has 1 aromatic rings. The second-order valence-electron chi connectivity index (χ2n) is 3.58. The number of hydrogen-bond acceptors (Lipinski definition) is 3. The van der Waals surface area contributed by atoms with Crippen LogP contribution in [0, 0.1) is 0 Å². The smallest absolute Gasteiger partial charge is 0.227 e. The van der Waals surface area contributed by atoms with Crippen LogP contribution < -0.4 is 4.90 Å². The first-order valence-corrected chi connectivity index (χ1v) is 4.95. The zero-order valence-corrected chi connectivity index (χ0v) is 8.31. The van der Waals surface area contributed by atoms with Gasteiger partial charge >= 0.3 is 0 Å². The highest BCUT2D eigenvalue weighted by Crippen LogP contribution is 2.30. The van der Waals surface area contributed by atoms with Crippen LogP contribution in [0.1, 0.15) is 12.0 Å². The Bertz CT molecular complexity index is 389. The molecule has 2 rings (SSSR count). The van der Waals surface area contributed by atoms with Crippen molar-refractivity contribution in [2.75, 3.05) is 18.1 Å². The zero-order valence-electron chi connectivity index (χ0n) is 8.31. The number of benzene rings is 1. The van der Waals surface area contributed by atoms with Crippen molar-refractivity contribution < 1.29 is 15.0 Å². The van der Waals surface area contributed by atoms with Gasteiger partial charge < -0.3 is 15.1 Å². The van der Waals surface area contributed by atoms with E-state index in [1.807, 2.05) is 0 Å². The zero-order chi connectivity index (χ0) is 10.8. The van der Waals surface area contributed by atoms with Crippen LogP contribution in [0.3, 0.4) is 0 Å². The van der Waals surface area contributed by atoms with Gasteiger partial charge in [-0.25, -0.2) is 0 Å². The first-order valence-electron chi connectivity index (χ1n) is 4.95. The highest BCUT2D eigenvalue weighted by Gasteiger charge is 2.23. The topological polar surface area (TPSA) is 60.8 Å². The minimum Gasteiger partial charge on any atom is -0.508 e. The maximum atomic E-state index is 11.6. The van der Waals surface area contributed by atoms with Crippen molar-refractivity contribution in [3.05, 3.63) is 23.8 Å². The summed E-state index contributed by atoms with van der Waals surface area (Å²) in [4.78, 5) is 13.2. The Kier molecular flexibility index (Phi) is 2.60. The summed E-state index contributed by atoms with van der Waals surface area (Å²) in [5, 5.41) is 18.2. The summed E-state index contributed by atoms with van der Waals surface area (Å²) in [5.41, 5.74) is 1.76. The van der Waals surface area contributed by atoms with Gasteiger partial charge in [0.05, 0.1) is 6.61 Å². The van der Waals surface area contributed by atoms with Gasteiger partial charge in [0, 0.05) is 18.7 Å². The number of fused-ring (bicyclic) bond motifs is 1. The molecule has 4 heteroatoms. The van der Waals surface area contributed by atoms with Crippen LogP contribution in [0.15, 0.2) is 18.2 Å². The molecular formula is C11H13NO3. The number of aryl methyl sites for hydroxylation is 1. The van der Waals surface area contributed by atoms with Crippen LogP contribution in [-0.2, 0) is 11.2 Å². The van der Waals surface area contributed by atoms with E-state index in [4.69, 9.17) is 5.11 Å². The molecule has 0 fully saturated rings. The molecule has 0 atom stereocenters. The number of aromatic hydroxyl groups is 1. The van der Waals surface area contributed by atoms with Gasteiger partial charge in [-0.05, 0) is 30.2 Å². The lowest BCUT2D eigenvalue weighted by Crippen LogP contribution is -2.37. The summed E-state index contributed by atoms with van der Waals surface area (Å²) in [5.74, 6) is 0.245. The van der Waals surface area contributed by atoms with Crippen LogP contribution in [0.5, 0.6) is 5.75 Å². The fraction of sp³-hybridized carbons (Fsp3) is 0.364. The van der Waals surface area contributed by atoms with Gasteiger partial charge in [0.2, 0.25) is 5.91 Å². The van der Waals surface area contributed by atoms with Gasteiger partial charge in [0.1, 0.15) is 5.75 Å². The molecule has 2 N–H and O–H groups in total. The molecule has 80 valence electrons. The first kappa shape index (κ1) is 9.98. The van der Waals surface area contributed by atoms with E-state index in [1.165, 1.54) is 0 Å². The maximum Gasteiger partial charge on any atom is 0.227 e. The Hall–Kier alpha value is -1.55. The third kappa shape index (κ3) is 1.80. The lowest BCUT2D eigenvalue weighted by atomic mass is 10.0. The average molecular weight is 207 g/mol. The van der Waals surface area contributed by atoms with Crippen molar-refractivity contribution in [3.8, 4) is 5.75 Å². The Labute approximate surface area is 87.8 Å². The average Bonchev–Trinajstić information content (AvgIpc) is 2.22. The molecular weight excluding hydrogens is 194 g/mol. The molecule has 1 heterocycles. The molecule has 1 aromatic carbocycles. The summed E-state index contributed by atoms with van der Waals surface area (Å²) in [7, 11) is 0. The molecule has 1 amide bonds. The highest BCUT2D eigenvalue weighted by atomic mass is 16.3. The molecule has 0 bridgehead atoms. The van der Waals surface area contributed by atoms with E-state index >= 15 is 0 Å². The van der Waals surface area contributed by atoms with Crippen molar-refractivity contribution in [1.82, 2.24) is 0 Å². The van der Waals surface area contributed by atoms with Gasteiger partial charge in [-0.2, -0.15) is 0 Å². The van der Waals surface area contributed by atoms with E-state index in [0.29, 0.717) is 19.4 Å². The Morgan fingerprint density at radius 1 is 1.33 bits per heavy atom. The second kappa shape index (κ2) is 3.90. The van der Waals surface area contributed by atoms with Crippen molar-refractivity contribution in [1.29, 1.82) is 0 Å². The van der Waals surface area contributed by atoms with E-state index in [9.17, 15) is 9.90 Å². The number of carbonyl (C=O) groups is 1. The fourth-order valence-corrected chi connectivity index (χ4v) is 1.89. The number of phenolic OH excluding ortho intramolecular Hbond substituents is 1. The number of phenols is 1. The molecule has 0 aliphatic carbocycles. The molecule has 0 unspecified atom stereocenters. The number of nitrogens with zero attached hydrogens (tertiary/aromatic N) is 1. The van der Waals surface area contributed by atoms with E-state index in [-0.39, 0.29) is 18.3 Å². The van der Waals surface area contributed by atoms with Gasteiger partial charge in [-0.1, -0.05) is 0 Å². The number of aliphatic hydroxyl groups is 1. The lowest BCUT2D eigenvalue weighted by Gasteiger charge is -2.28. The predicted molar refractivity (Wildman–Crippen MR) is 55.9 cm³/mol. The van der Waals surface area contributed by atoms with Gasteiger partial charge in [0.25, 0.3) is 0 Å². The second-order valence-corrected chi connectivity index (χ2v) is 3.58. The molecule has 0 aromatic heterocycles. The third-order valence-corrected chi connectivity index (χ3v) is 2.59. The normalized spacial score (nSPS) is 15.3. The molecule has 1 aliphatic rings. The van der Waals surface area contributed by atoms with Crippen molar-refractivity contribution >= 4 is 11.6 Å². The largest absolute Gasteiger partial charge is 0.508 e. The summed E-state index contributed by atoms with van der Waals surface area (Å²) >= 11 is 0. The summed E-state index contributed by atoms with van der Waals surface area (Å²) < 4.78 is 0. The number of hydrogen-bond donors (Lipinski definition) is 2. The van der Waals surface area contributed by atoms with Crippen LogP contribution >= 0.6 is 0 Å². The first-order chi connectivity index (χ1) is 7.22. The Balaban J connectivity index is 2.39. The monoisotopic (exact) mass is 207 g/mol. The quantitative estimate of drug-likeness (QED) is 0.749. The molecule has 0 radical (unpaired) electrons. The van der Waals surface area contributed by atoms with Gasteiger partial charge in [-0.3, -0.25) is 4.79 Å². The number of anilines is 1. The van der Waals surface area contributed by atoms with Crippen molar-refractivity contribution in [2.45, 2.75) is 12.8 Å². The summed E-state index contributed by atoms with van der Waals surface area (Å²) in [6.07, 6.45) is 1.10. The number of aliphatic hydroxyl groups excluding tert-OH is 1. The highest BCUT2D eigenvalue weighted by molar-refractivity contribution is 5.96. The number of β-amino-alcohol motifs (C(OH)–C–C–N with tert-alkyl or cyclic N) is 1. The fourth-order valence-electron chi connectivity index (χ4n) is 1.89. The summed E-state index contributed by atoms with van der Waals surface area (Å²) in [6.45, 7) is 0.267. The lowest BCUT2D eigenvalue weighted by molar-refractivity contribution is -0.119. The third-order valence-electron chi connectivity index (χ3n) is 2.59. The molecule has 0 saturated carbocycles. The molecule has 4 nitrogen and oxygen atoms in total. The van der Waals surface area contributed by atoms with E-state index in [0.717, 1.165) is 11.3 Å². The SMILES string of the molecule is O=C1CCc2cc(O)ccc2N1CCO. The number of amides is 1. The maximum absolute atomic E-state index is 11.6. The van der Waals surface area contributed by atoms with Crippen LogP contribution in [-0.4, -0.2) is 29.3 Å².